The van der Waals surface area contributed by atoms with E-state index < -0.39 is 0 Å². The summed E-state index contributed by atoms with van der Waals surface area (Å²) in [6.45, 7) is 3.47. The average Bonchev–Trinajstić information content (AvgIpc) is 3.41. The zero-order valence-corrected chi connectivity index (χ0v) is 14.1. The molecule has 1 atom stereocenters. The summed E-state index contributed by atoms with van der Waals surface area (Å²) in [4.78, 5) is 4.95. The molecular formula is C19H25N3O2. The van der Waals surface area contributed by atoms with Gasteiger partial charge in [-0.05, 0) is 38.6 Å². The van der Waals surface area contributed by atoms with Crippen LogP contribution in [0.4, 0.5) is 0 Å². The highest BCUT2D eigenvalue weighted by atomic mass is 16.6. The van der Waals surface area contributed by atoms with Crippen molar-refractivity contribution in [1.82, 2.24) is 14.9 Å². The Bertz CT molecular complexity index is 745. The van der Waals surface area contributed by atoms with Crippen LogP contribution < -0.4 is 14.8 Å². The molecule has 5 heteroatoms. The lowest BCUT2D eigenvalue weighted by molar-refractivity contribution is 0.172. The number of fused-ring (bicyclic) bond motifs is 2. The van der Waals surface area contributed by atoms with E-state index in [1.807, 2.05) is 0 Å². The van der Waals surface area contributed by atoms with Crippen molar-refractivity contribution >= 4 is 11.0 Å². The highest BCUT2D eigenvalue weighted by molar-refractivity contribution is 5.81. The monoisotopic (exact) mass is 327 g/mol. The molecule has 128 valence electrons. The lowest BCUT2D eigenvalue weighted by atomic mass is 10.0. The van der Waals surface area contributed by atoms with Crippen molar-refractivity contribution in [2.24, 2.45) is 0 Å². The van der Waals surface area contributed by atoms with Gasteiger partial charge in [-0.15, -0.1) is 0 Å². The summed E-state index contributed by atoms with van der Waals surface area (Å²) >= 11 is 0. The maximum Gasteiger partial charge on any atom is 0.163 e. The van der Waals surface area contributed by atoms with Crippen molar-refractivity contribution < 1.29 is 9.47 Å². The van der Waals surface area contributed by atoms with Crippen LogP contribution >= 0.6 is 0 Å². The van der Waals surface area contributed by atoms with Gasteiger partial charge in [-0.2, -0.15) is 0 Å². The fraction of sp³-hybridized carbons (Fsp3) is 0.632. The van der Waals surface area contributed by atoms with Gasteiger partial charge in [-0.25, -0.2) is 4.98 Å². The van der Waals surface area contributed by atoms with Crippen molar-refractivity contribution in [3.63, 3.8) is 0 Å². The summed E-state index contributed by atoms with van der Waals surface area (Å²) in [6.07, 6.45) is 7.71. The fourth-order valence-electron chi connectivity index (χ4n) is 4.02. The molecule has 1 saturated heterocycles. The highest BCUT2D eigenvalue weighted by Gasteiger charge is 2.30. The topological polar surface area (TPSA) is 48.3 Å². The van der Waals surface area contributed by atoms with E-state index in [0.29, 0.717) is 25.2 Å². The van der Waals surface area contributed by atoms with Gasteiger partial charge in [0.15, 0.2) is 11.5 Å². The van der Waals surface area contributed by atoms with Crippen LogP contribution in [-0.2, 0) is 6.54 Å². The zero-order chi connectivity index (χ0) is 15.9. The van der Waals surface area contributed by atoms with E-state index in [2.05, 4.69) is 22.0 Å². The number of rotatable bonds is 4. The van der Waals surface area contributed by atoms with E-state index in [0.717, 1.165) is 23.6 Å². The second kappa shape index (κ2) is 5.96. The Morgan fingerprint density at radius 2 is 1.92 bits per heavy atom. The number of ether oxygens (including phenoxy) is 2. The van der Waals surface area contributed by atoms with Gasteiger partial charge in [0.1, 0.15) is 19.0 Å². The third kappa shape index (κ3) is 2.65. The maximum atomic E-state index is 5.79. The van der Waals surface area contributed by atoms with Gasteiger partial charge >= 0.3 is 0 Å². The third-order valence-electron chi connectivity index (χ3n) is 5.50. The van der Waals surface area contributed by atoms with Crippen LogP contribution in [0.3, 0.4) is 0 Å². The second-order valence-electron chi connectivity index (χ2n) is 7.32. The van der Waals surface area contributed by atoms with Crippen LogP contribution in [0.15, 0.2) is 12.1 Å². The lowest BCUT2D eigenvalue weighted by Crippen LogP contribution is -2.34. The first-order chi connectivity index (χ1) is 11.9. The molecule has 2 aliphatic heterocycles. The molecule has 0 amide bonds. The van der Waals surface area contributed by atoms with Crippen LogP contribution in [0.5, 0.6) is 11.5 Å². The van der Waals surface area contributed by atoms with E-state index in [9.17, 15) is 0 Å². The molecule has 24 heavy (non-hydrogen) atoms. The van der Waals surface area contributed by atoms with Gasteiger partial charge in [0.05, 0.1) is 11.0 Å². The minimum absolute atomic E-state index is 0.627. The molecule has 0 radical (unpaired) electrons. The maximum absolute atomic E-state index is 5.79. The number of imidazole rings is 1. The van der Waals surface area contributed by atoms with Crippen LogP contribution in [0.25, 0.3) is 11.0 Å². The van der Waals surface area contributed by atoms with Gasteiger partial charge in [0.2, 0.25) is 0 Å². The molecule has 1 N–H and O–H groups in total. The number of hydrogen-bond acceptors (Lipinski definition) is 4. The van der Waals surface area contributed by atoms with Crippen LogP contribution in [0, 0.1) is 0 Å². The predicted octanol–water partition coefficient (Wildman–Crippen LogP) is 3.22. The first kappa shape index (κ1) is 14.6. The van der Waals surface area contributed by atoms with E-state index in [4.69, 9.17) is 14.5 Å². The summed E-state index contributed by atoms with van der Waals surface area (Å²) in [5.41, 5.74) is 2.26. The Labute approximate surface area is 142 Å². The largest absolute Gasteiger partial charge is 0.486 e. The number of piperidine rings is 1. The molecule has 5 rings (SSSR count). The summed E-state index contributed by atoms with van der Waals surface area (Å²) in [7, 11) is 0. The molecule has 1 aliphatic carbocycles. The normalized spacial score (nSPS) is 23.6. The Morgan fingerprint density at radius 3 is 2.67 bits per heavy atom. The van der Waals surface area contributed by atoms with E-state index in [1.54, 1.807) is 0 Å². The average molecular weight is 327 g/mol. The molecule has 2 aromatic rings. The van der Waals surface area contributed by atoms with Crippen LogP contribution in [0.2, 0.25) is 0 Å². The first-order valence-electron chi connectivity index (χ1n) is 9.41. The number of aromatic nitrogens is 2. The molecule has 1 aromatic carbocycles. The van der Waals surface area contributed by atoms with Crippen LogP contribution in [0.1, 0.15) is 50.3 Å². The van der Waals surface area contributed by atoms with E-state index in [1.165, 1.54) is 56.4 Å². The molecule has 2 fully saturated rings. The van der Waals surface area contributed by atoms with Gasteiger partial charge in [0, 0.05) is 30.6 Å². The summed E-state index contributed by atoms with van der Waals surface area (Å²) in [5, 5.41) is 3.67. The van der Waals surface area contributed by atoms with E-state index in [-0.39, 0.29) is 0 Å². The molecule has 0 spiro atoms. The molecule has 0 bridgehead atoms. The van der Waals surface area contributed by atoms with Gasteiger partial charge in [-0.3, -0.25) is 0 Å². The van der Waals surface area contributed by atoms with Gasteiger partial charge < -0.3 is 19.4 Å². The molecule has 1 saturated carbocycles. The highest BCUT2D eigenvalue weighted by Crippen LogP contribution is 2.42. The Hall–Kier alpha value is -1.75. The standard InChI is InChI=1S/C19H25N3O2/c1-2-7-20-14(3-1)6-8-22-16-12-18-17(23-9-10-24-18)11-15(16)21-19(22)13-4-5-13/h11-14,20H,1-10H2. The molecular weight excluding hydrogens is 302 g/mol. The van der Waals surface area contributed by atoms with Gasteiger partial charge in [-0.1, -0.05) is 6.42 Å². The number of aryl methyl sites for hydroxylation is 1. The molecule has 3 aliphatic rings. The van der Waals surface area contributed by atoms with Crippen molar-refractivity contribution in [3.8, 4) is 11.5 Å². The summed E-state index contributed by atoms with van der Waals surface area (Å²) < 4.78 is 14.0. The summed E-state index contributed by atoms with van der Waals surface area (Å²) in [5.74, 6) is 3.63. The number of benzene rings is 1. The number of nitrogens with zero attached hydrogens (tertiary/aromatic N) is 2. The Kier molecular flexibility index (Phi) is 3.62. The zero-order valence-electron chi connectivity index (χ0n) is 14.1. The van der Waals surface area contributed by atoms with Crippen molar-refractivity contribution in [2.75, 3.05) is 19.8 Å². The predicted molar refractivity (Wildman–Crippen MR) is 93.0 cm³/mol. The first-order valence-corrected chi connectivity index (χ1v) is 9.41. The number of nitrogens with one attached hydrogen (secondary N) is 1. The van der Waals surface area contributed by atoms with E-state index >= 15 is 0 Å². The smallest absolute Gasteiger partial charge is 0.163 e. The van der Waals surface area contributed by atoms with Crippen molar-refractivity contribution in [3.05, 3.63) is 18.0 Å². The Morgan fingerprint density at radius 1 is 1.08 bits per heavy atom. The SMILES string of the molecule is c1c2c(cc3c1nc(C1CC1)n3CCC1CCCCN1)OCCO2. The van der Waals surface area contributed by atoms with Crippen LogP contribution in [-0.4, -0.2) is 35.4 Å². The summed E-state index contributed by atoms with van der Waals surface area (Å²) in [6, 6.07) is 4.85. The minimum atomic E-state index is 0.627. The molecule has 5 nitrogen and oxygen atoms in total. The minimum Gasteiger partial charge on any atom is -0.486 e. The van der Waals surface area contributed by atoms with Gasteiger partial charge in [0.25, 0.3) is 0 Å². The Balaban J connectivity index is 1.48. The fourth-order valence-corrected chi connectivity index (χ4v) is 4.02. The third-order valence-corrected chi connectivity index (χ3v) is 5.50. The lowest BCUT2D eigenvalue weighted by Gasteiger charge is -2.24. The molecule has 1 aromatic heterocycles. The number of hydrogen-bond donors (Lipinski definition) is 1. The van der Waals surface area contributed by atoms with Crippen molar-refractivity contribution in [1.29, 1.82) is 0 Å². The quantitative estimate of drug-likeness (QED) is 0.937. The molecule has 3 heterocycles. The second-order valence-corrected chi connectivity index (χ2v) is 7.32. The molecule has 1 unspecified atom stereocenters. The van der Waals surface area contributed by atoms with Crippen molar-refractivity contribution in [2.45, 2.75) is 57.0 Å².